The van der Waals surface area contributed by atoms with Crippen LogP contribution in [-0.4, -0.2) is 100 Å². The van der Waals surface area contributed by atoms with E-state index in [0.717, 1.165) is 38.5 Å². The number of methoxy groups -OCH3 is 1. The molecule has 0 aliphatic carbocycles. The van der Waals surface area contributed by atoms with Gasteiger partial charge in [0.15, 0.2) is 23.0 Å². The molecule has 0 spiro atoms. The van der Waals surface area contributed by atoms with Crippen molar-refractivity contribution in [3.63, 3.8) is 0 Å². The molecule has 2 heterocycles. The summed E-state index contributed by atoms with van der Waals surface area (Å²) in [5.41, 5.74) is 0.358. The lowest BCUT2D eigenvalue weighted by Gasteiger charge is -2.13. The maximum absolute atomic E-state index is 14.6. The topological polar surface area (TPSA) is 183 Å². The molecule has 2 rings (SSSR count). The van der Waals surface area contributed by atoms with Crippen LogP contribution in [0.3, 0.4) is 0 Å². The van der Waals surface area contributed by atoms with Crippen molar-refractivity contribution in [1.29, 1.82) is 0 Å². The molecule has 0 aliphatic rings. The zero-order chi connectivity index (χ0) is 48.6. The first-order valence-electron chi connectivity index (χ1n) is 24.4. The summed E-state index contributed by atoms with van der Waals surface area (Å²) in [4.78, 5) is 52.7. The van der Waals surface area contributed by atoms with Crippen LogP contribution in [-0.2, 0) is 55.5 Å². The Morgan fingerprint density at radius 3 is 1.21 bits per heavy atom. The fourth-order valence-corrected chi connectivity index (χ4v) is 6.72. The highest BCUT2D eigenvalue weighted by Gasteiger charge is 2.24. The van der Waals surface area contributed by atoms with Gasteiger partial charge in [-0.15, -0.1) is 0 Å². The van der Waals surface area contributed by atoms with Gasteiger partial charge in [0.2, 0.25) is 12.6 Å². The van der Waals surface area contributed by atoms with E-state index < -0.39 is 48.5 Å². The lowest BCUT2D eigenvalue weighted by atomic mass is 10.0. The number of hydrogen-bond donors (Lipinski definition) is 2. The van der Waals surface area contributed by atoms with E-state index in [1.807, 2.05) is 6.92 Å². The van der Waals surface area contributed by atoms with Crippen molar-refractivity contribution in [3.8, 4) is 0 Å². The Morgan fingerprint density at radius 1 is 0.485 bits per heavy atom. The van der Waals surface area contributed by atoms with Crippen molar-refractivity contribution >= 4 is 24.2 Å². The number of aromatic nitrogens is 2. The lowest BCUT2D eigenvalue weighted by Crippen LogP contribution is -2.24. The van der Waals surface area contributed by atoms with Gasteiger partial charge < -0.3 is 52.6 Å². The minimum Gasteiger partial charge on any atom is -0.432 e. The number of carbonyl (C=O) groups excluding carboxylic acids is 4. The third kappa shape index (κ3) is 29.4. The molecule has 2 unspecified atom stereocenters. The Balaban J connectivity index is 0.000000665. The number of nitrogens with one attached hydrogen (secondary N) is 2. The van der Waals surface area contributed by atoms with Gasteiger partial charge in [-0.3, -0.25) is 0 Å². The molecule has 2 aromatic heterocycles. The number of aryl methyl sites for hydroxylation is 2. The Hall–Kier alpha value is -4.22. The molecular weight excluding hydrogens is 863 g/mol. The van der Waals surface area contributed by atoms with E-state index >= 15 is 0 Å². The maximum atomic E-state index is 14.6. The fraction of sp³-hybridized carbons (Fsp3) is 0.755. The van der Waals surface area contributed by atoms with Crippen LogP contribution in [0.15, 0.2) is 12.4 Å². The quantitative estimate of drug-likeness (QED) is 0.0281. The second-order valence-electron chi connectivity index (χ2n) is 16.1. The summed E-state index contributed by atoms with van der Waals surface area (Å²) in [5.74, 6) is -3.10. The number of hydrogen-bond acceptors (Lipinski definition) is 13. The first-order valence-corrected chi connectivity index (χ1v) is 24.4. The van der Waals surface area contributed by atoms with Gasteiger partial charge in [-0.2, -0.15) is 0 Å². The molecule has 0 saturated carbocycles. The molecule has 0 amide bonds. The Bertz CT molecular complexity index is 1550. The number of carbonyl (C=O) groups is 4. The maximum Gasteiger partial charge on any atom is 0.511 e. The van der Waals surface area contributed by atoms with E-state index in [0.29, 0.717) is 43.8 Å². The molecule has 15 nitrogen and oxygen atoms in total. The van der Waals surface area contributed by atoms with E-state index in [-0.39, 0.29) is 37.8 Å². The number of H-pyrrole nitrogens is 2. The second-order valence-corrected chi connectivity index (χ2v) is 16.1. The zero-order valence-corrected chi connectivity index (χ0v) is 40.9. The zero-order valence-electron chi connectivity index (χ0n) is 40.9. The molecule has 380 valence electrons. The summed E-state index contributed by atoms with van der Waals surface area (Å²) < 4.78 is 73.3. The molecule has 0 fully saturated rings. The molecule has 2 aromatic rings. The Labute approximate surface area is 392 Å². The summed E-state index contributed by atoms with van der Waals surface area (Å²) in [6, 6.07) is 0. The van der Waals surface area contributed by atoms with Crippen LogP contribution in [0.2, 0.25) is 0 Å². The summed E-state index contributed by atoms with van der Waals surface area (Å²) in [5, 5.41) is 0. The smallest absolute Gasteiger partial charge is 0.432 e. The summed E-state index contributed by atoms with van der Waals surface area (Å²) >= 11 is 0. The summed E-state index contributed by atoms with van der Waals surface area (Å²) in [7, 11) is 1.47. The standard InChI is InChI=1S/C26H44FNO7.C23H38FNO6/c1-4-6-7-8-9-10-11-12-13-14-15-22-20-28-24(23(22)27)25(29)34-21(3)35-26(30)33-19-18-32-17-16-31-5-2;1-4-5-6-7-8-9-10-11-12-13-14-19-17-25-21(20(19)24)22(26)30-18(2)31-23(27)29-16-15-28-3/h20-21,28H,4-19H2,1-3H3;17-18,25H,4-16H2,1-3H3. The van der Waals surface area contributed by atoms with Crippen molar-refractivity contribution in [3.05, 3.63) is 46.5 Å². The van der Waals surface area contributed by atoms with Crippen molar-refractivity contribution < 1.29 is 70.6 Å². The van der Waals surface area contributed by atoms with Crippen LogP contribution >= 0.6 is 0 Å². The molecular formula is C49H82F2N2O13. The average molecular weight is 945 g/mol. The van der Waals surface area contributed by atoms with Gasteiger partial charge in [0.25, 0.3) is 0 Å². The Morgan fingerprint density at radius 2 is 0.833 bits per heavy atom. The highest BCUT2D eigenvalue weighted by Crippen LogP contribution is 2.20. The van der Waals surface area contributed by atoms with Crippen molar-refractivity contribution in [1.82, 2.24) is 9.97 Å². The third-order valence-corrected chi connectivity index (χ3v) is 10.4. The van der Waals surface area contributed by atoms with Crippen LogP contribution in [0.25, 0.3) is 0 Å². The van der Waals surface area contributed by atoms with Crippen LogP contribution in [0, 0.1) is 11.6 Å². The number of rotatable bonds is 38. The molecule has 0 radical (unpaired) electrons. The fourth-order valence-electron chi connectivity index (χ4n) is 6.72. The first-order chi connectivity index (χ1) is 32.0. The number of unbranched alkanes of at least 4 members (excludes halogenated alkanes) is 18. The highest BCUT2D eigenvalue weighted by atomic mass is 19.1. The molecule has 17 heteroatoms. The second kappa shape index (κ2) is 39.9. The van der Waals surface area contributed by atoms with Gasteiger partial charge in [0.05, 0.1) is 26.4 Å². The van der Waals surface area contributed by atoms with Crippen molar-refractivity contribution in [2.24, 2.45) is 0 Å². The SMILES string of the molecule is CCCCCCCCCCCCc1c[nH]c(C(=O)OC(C)OC(=O)OCCOC)c1F.CCCCCCCCCCCCc1c[nH]c(C(=O)OC(C)OC(=O)OCCOCCOCC)c1F. The molecule has 0 aromatic carbocycles. The summed E-state index contributed by atoms with van der Waals surface area (Å²) in [6.07, 6.45) is 23.7. The number of halogens is 2. The Kier molecular flexibility index (Phi) is 36.2. The molecule has 0 bridgehead atoms. The molecule has 0 aliphatic heterocycles. The first kappa shape index (κ1) is 59.8. The van der Waals surface area contributed by atoms with Gasteiger partial charge in [0, 0.05) is 51.1 Å². The van der Waals surface area contributed by atoms with Crippen molar-refractivity contribution in [2.45, 2.75) is 188 Å². The van der Waals surface area contributed by atoms with Crippen LogP contribution < -0.4 is 0 Å². The minimum atomic E-state index is -1.23. The van der Waals surface area contributed by atoms with E-state index in [4.69, 9.17) is 42.6 Å². The molecule has 2 N–H and O–H groups in total. The minimum absolute atomic E-state index is 0.0147. The van der Waals surface area contributed by atoms with E-state index in [1.54, 1.807) is 0 Å². The number of ether oxygens (including phenoxy) is 9. The van der Waals surface area contributed by atoms with Gasteiger partial charge in [-0.1, -0.05) is 129 Å². The van der Waals surface area contributed by atoms with E-state index in [9.17, 15) is 28.0 Å². The van der Waals surface area contributed by atoms with E-state index in [1.165, 1.54) is 123 Å². The van der Waals surface area contributed by atoms with Crippen LogP contribution in [0.5, 0.6) is 0 Å². The monoisotopic (exact) mass is 945 g/mol. The lowest BCUT2D eigenvalue weighted by molar-refractivity contribution is -0.0864. The van der Waals surface area contributed by atoms with Crippen LogP contribution in [0.1, 0.15) is 195 Å². The molecule has 2 atom stereocenters. The van der Waals surface area contributed by atoms with E-state index in [2.05, 4.69) is 23.8 Å². The largest absolute Gasteiger partial charge is 0.511 e. The molecule has 66 heavy (non-hydrogen) atoms. The average Bonchev–Trinajstić information content (AvgIpc) is 3.85. The van der Waals surface area contributed by atoms with Gasteiger partial charge >= 0.3 is 24.2 Å². The predicted molar refractivity (Wildman–Crippen MR) is 246 cm³/mol. The summed E-state index contributed by atoms with van der Waals surface area (Å²) in [6.45, 7) is 10.9. The normalized spacial score (nSPS) is 11.9. The molecule has 0 saturated heterocycles. The van der Waals surface area contributed by atoms with Crippen LogP contribution in [0.4, 0.5) is 18.4 Å². The van der Waals surface area contributed by atoms with Crippen molar-refractivity contribution in [2.75, 3.05) is 53.4 Å². The number of aromatic amines is 2. The third-order valence-electron chi connectivity index (χ3n) is 10.4. The van der Waals surface area contributed by atoms with Gasteiger partial charge in [-0.05, 0) is 32.6 Å². The number of esters is 2. The highest BCUT2D eigenvalue weighted by molar-refractivity contribution is 5.88. The van der Waals surface area contributed by atoms with Gasteiger partial charge in [0.1, 0.15) is 13.2 Å². The predicted octanol–water partition coefficient (Wildman–Crippen LogP) is 12.2. The van der Waals surface area contributed by atoms with Gasteiger partial charge in [-0.25, -0.2) is 28.0 Å².